The molecule has 0 bridgehead atoms. The van der Waals surface area contributed by atoms with E-state index in [0.717, 1.165) is 30.0 Å². The summed E-state index contributed by atoms with van der Waals surface area (Å²) in [5.41, 5.74) is 0.236. The Morgan fingerprint density at radius 3 is 2.35 bits per heavy atom. The number of hydrogen-bond donors (Lipinski definition) is 1. The summed E-state index contributed by atoms with van der Waals surface area (Å²) in [4.78, 5) is 27.4. The Balaban J connectivity index is 1.80. The van der Waals surface area contributed by atoms with Crippen molar-refractivity contribution in [2.45, 2.75) is 56.1 Å². The van der Waals surface area contributed by atoms with Crippen LogP contribution in [0.5, 0.6) is 0 Å². The van der Waals surface area contributed by atoms with Crippen LogP contribution in [0.4, 0.5) is 4.39 Å². The highest BCUT2D eigenvalue weighted by Crippen LogP contribution is 2.20. The summed E-state index contributed by atoms with van der Waals surface area (Å²) in [6.45, 7) is 0.886. The molecule has 0 spiro atoms. The second-order valence-corrected chi connectivity index (χ2v) is 11.0. The lowest BCUT2D eigenvalue weighted by Crippen LogP contribution is -2.52. The maximum absolute atomic E-state index is 14.4. The summed E-state index contributed by atoms with van der Waals surface area (Å²) in [6.07, 6.45) is 3.82. The van der Waals surface area contributed by atoms with Crippen molar-refractivity contribution >= 4 is 33.4 Å². The smallest absolute Gasteiger partial charge is 0.243 e. The molecule has 3 rings (SSSR count). The van der Waals surface area contributed by atoms with E-state index < -0.39 is 34.3 Å². The normalized spacial score (nSPS) is 15.3. The van der Waals surface area contributed by atoms with Crippen LogP contribution in [0, 0.1) is 5.82 Å². The zero-order valence-corrected chi connectivity index (χ0v) is 20.8. The van der Waals surface area contributed by atoms with Gasteiger partial charge in [-0.3, -0.25) is 9.59 Å². The molecule has 1 fully saturated rings. The second-order valence-electron chi connectivity index (χ2n) is 8.49. The fourth-order valence-corrected chi connectivity index (χ4v) is 5.18. The highest BCUT2D eigenvalue weighted by molar-refractivity contribution is 7.89. The van der Waals surface area contributed by atoms with Crippen molar-refractivity contribution in [3.8, 4) is 0 Å². The summed E-state index contributed by atoms with van der Waals surface area (Å²) in [5.74, 6) is -1.47. The Morgan fingerprint density at radius 2 is 1.74 bits per heavy atom. The predicted octanol–water partition coefficient (Wildman–Crippen LogP) is 3.58. The molecule has 184 valence electrons. The zero-order chi connectivity index (χ0) is 24.9. The quantitative estimate of drug-likeness (QED) is 0.560. The lowest BCUT2D eigenvalue weighted by atomic mass is 10.1. The van der Waals surface area contributed by atoms with Crippen molar-refractivity contribution in [2.75, 3.05) is 13.6 Å². The van der Waals surface area contributed by atoms with Gasteiger partial charge >= 0.3 is 0 Å². The summed E-state index contributed by atoms with van der Waals surface area (Å²) < 4.78 is 41.1. The summed E-state index contributed by atoms with van der Waals surface area (Å²) in [7, 11) is -2.69. The number of halogens is 2. The van der Waals surface area contributed by atoms with Gasteiger partial charge in [0.05, 0.1) is 11.4 Å². The number of nitrogens with zero attached hydrogens (tertiary/aromatic N) is 2. The first-order valence-corrected chi connectivity index (χ1v) is 13.0. The molecule has 7 nitrogen and oxygen atoms in total. The average molecular weight is 510 g/mol. The summed E-state index contributed by atoms with van der Waals surface area (Å²) in [5, 5.41) is 3.34. The van der Waals surface area contributed by atoms with Gasteiger partial charge < -0.3 is 10.2 Å². The van der Waals surface area contributed by atoms with Gasteiger partial charge in [-0.15, -0.1) is 0 Å². The number of benzene rings is 2. The minimum Gasteiger partial charge on any atom is -0.352 e. The van der Waals surface area contributed by atoms with Crippen molar-refractivity contribution < 1.29 is 22.4 Å². The molecule has 1 saturated carbocycles. The number of hydrogen-bond acceptors (Lipinski definition) is 4. The Kier molecular flexibility index (Phi) is 8.67. The largest absolute Gasteiger partial charge is 0.352 e. The Hall–Kier alpha value is -2.49. The molecule has 2 aromatic carbocycles. The lowest BCUT2D eigenvalue weighted by molar-refractivity contribution is -0.140. The number of amides is 2. The maximum atomic E-state index is 14.4. The molecule has 1 N–H and O–H groups in total. The van der Waals surface area contributed by atoms with Gasteiger partial charge in [-0.05, 0) is 50.1 Å². The molecule has 34 heavy (non-hydrogen) atoms. The highest BCUT2D eigenvalue weighted by Gasteiger charge is 2.31. The van der Waals surface area contributed by atoms with Crippen LogP contribution in [-0.2, 0) is 26.2 Å². The molecule has 2 aromatic rings. The predicted molar refractivity (Wildman–Crippen MR) is 128 cm³/mol. The summed E-state index contributed by atoms with van der Waals surface area (Å²) in [6, 6.07) is 10.7. The summed E-state index contributed by atoms with van der Waals surface area (Å²) >= 11 is 5.84. The van der Waals surface area contributed by atoms with E-state index in [2.05, 4.69) is 5.32 Å². The maximum Gasteiger partial charge on any atom is 0.243 e. The molecule has 1 unspecified atom stereocenters. The monoisotopic (exact) mass is 509 g/mol. The number of carbonyl (C=O) groups excluding carboxylic acids is 2. The number of nitrogens with one attached hydrogen (secondary N) is 1. The van der Waals surface area contributed by atoms with Gasteiger partial charge in [0.1, 0.15) is 11.9 Å². The van der Waals surface area contributed by atoms with Gasteiger partial charge in [0.15, 0.2) is 0 Å². The number of sulfonamides is 1. The molecular weight excluding hydrogens is 481 g/mol. The number of carbonyl (C=O) groups is 2. The van der Waals surface area contributed by atoms with E-state index in [9.17, 15) is 22.4 Å². The first-order chi connectivity index (χ1) is 16.1. The molecule has 1 atom stereocenters. The number of rotatable bonds is 9. The van der Waals surface area contributed by atoms with E-state index in [1.807, 2.05) is 0 Å². The van der Waals surface area contributed by atoms with Crippen LogP contribution in [0.15, 0.2) is 53.4 Å². The van der Waals surface area contributed by atoms with Crippen LogP contribution in [-0.4, -0.2) is 55.1 Å². The molecule has 1 aliphatic rings. The molecule has 0 radical (unpaired) electrons. The standard InChI is InChI=1S/C24H29ClFN3O4S/c1-17(24(31)27-20-8-4-5-9-20)29(15-18-7-3-6-10-22(18)26)23(30)16-28(2)34(32,33)21-13-11-19(25)12-14-21/h3,6-7,10-14,17,20H,4-5,8-9,15-16H2,1-2H3,(H,27,31). The van der Waals surface area contributed by atoms with Crippen LogP contribution < -0.4 is 5.32 Å². The fraction of sp³-hybridized carbons (Fsp3) is 0.417. The molecule has 0 saturated heterocycles. The SMILES string of the molecule is CC(C(=O)NC1CCCC1)N(Cc1ccccc1F)C(=O)CN(C)S(=O)(=O)c1ccc(Cl)cc1. The topological polar surface area (TPSA) is 86.8 Å². The van der Waals surface area contributed by atoms with Gasteiger partial charge in [-0.2, -0.15) is 4.31 Å². The van der Waals surface area contributed by atoms with E-state index in [-0.39, 0.29) is 29.0 Å². The van der Waals surface area contributed by atoms with Crippen molar-refractivity contribution in [3.63, 3.8) is 0 Å². The van der Waals surface area contributed by atoms with Gasteiger partial charge in [0.2, 0.25) is 21.8 Å². The van der Waals surface area contributed by atoms with E-state index in [1.54, 1.807) is 13.0 Å². The van der Waals surface area contributed by atoms with Crippen molar-refractivity contribution in [2.24, 2.45) is 0 Å². The molecule has 0 heterocycles. The Morgan fingerprint density at radius 1 is 1.12 bits per heavy atom. The van der Waals surface area contributed by atoms with Crippen LogP contribution in [0.2, 0.25) is 5.02 Å². The molecule has 1 aliphatic carbocycles. The third-order valence-electron chi connectivity index (χ3n) is 6.05. The molecule has 10 heteroatoms. The van der Waals surface area contributed by atoms with Crippen LogP contribution >= 0.6 is 11.6 Å². The van der Waals surface area contributed by atoms with Gasteiger partial charge in [0.25, 0.3) is 0 Å². The molecular formula is C24H29ClFN3O4S. The minimum absolute atomic E-state index is 0.0140. The fourth-order valence-electron chi connectivity index (χ4n) is 3.94. The molecule has 0 aromatic heterocycles. The van der Waals surface area contributed by atoms with E-state index in [4.69, 9.17) is 11.6 Å². The van der Waals surface area contributed by atoms with Gasteiger partial charge in [0, 0.05) is 30.2 Å². The van der Waals surface area contributed by atoms with E-state index in [0.29, 0.717) is 5.02 Å². The van der Waals surface area contributed by atoms with Crippen molar-refractivity contribution in [1.29, 1.82) is 0 Å². The highest BCUT2D eigenvalue weighted by atomic mass is 35.5. The Bertz CT molecular complexity index is 1120. The van der Waals surface area contributed by atoms with E-state index >= 15 is 0 Å². The van der Waals surface area contributed by atoms with E-state index in [1.165, 1.54) is 54.4 Å². The first-order valence-electron chi connectivity index (χ1n) is 11.1. The van der Waals surface area contributed by atoms with Crippen LogP contribution in [0.1, 0.15) is 38.2 Å². The molecule has 0 aliphatic heterocycles. The van der Waals surface area contributed by atoms with Crippen LogP contribution in [0.25, 0.3) is 0 Å². The lowest BCUT2D eigenvalue weighted by Gasteiger charge is -2.31. The first kappa shape index (κ1) is 26.1. The minimum atomic E-state index is -3.98. The molecule has 2 amide bonds. The second kappa shape index (κ2) is 11.3. The third-order valence-corrected chi connectivity index (χ3v) is 8.12. The zero-order valence-electron chi connectivity index (χ0n) is 19.2. The average Bonchev–Trinajstić information content (AvgIpc) is 3.31. The van der Waals surface area contributed by atoms with Crippen LogP contribution in [0.3, 0.4) is 0 Å². The van der Waals surface area contributed by atoms with Crippen molar-refractivity contribution in [3.05, 3.63) is 64.9 Å². The van der Waals surface area contributed by atoms with Crippen molar-refractivity contribution in [1.82, 2.24) is 14.5 Å². The number of likely N-dealkylation sites (N-methyl/N-ethyl adjacent to an activating group) is 1. The van der Waals surface area contributed by atoms with Gasteiger partial charge in [-0.25, -0.2) is 12.8 Å². The third kappa shape index (κ3) is 6.34. The van der Waals surface area contributed by atoms with Gasteiger partial charge in [-0.1, -0.05) is 42.6 Å². The Labute approximate surface area is 204 Å².